The molecular weight excluding hydrogens is 335 g/mol. The van der Waals surface area contributed by atoms with Crippen LogP contribution < -0.4 is 4.74 Å². The number of rotatable bonds is 2. The smallest absolute Gasteiger partial charge is 0.345 e. The molecular formula is C14H7Cl3N2O2. The maximum Gasteiger partial charge on any atom is 0.345 e. The molecule has 0 atom stereocenters. The predicted octanol–water partition coefficient (Wildman–Crippen LogP) is 4.51. The molecule has 0 saturated carbocycles. The van der Waals surface area contributed by atoms with E-state index in [4.69, 9.17) is 39.5 Å². The molecule has 0 bridgehead atoms. The predicted molar refractivity (Wildman–Crippen MR) is 81.6 cm³/mol. The molecule has 1 aromatic carbocycles. The third-order valence-electron chi connectivity index (χ3n) is 2.78. The van der Waals surface area contributed by atoms with E-state index in [0.717, 1.165) is 5.65 Å². The number of nitrogens with zero attached hydrogens (tertiary/aromatic N) is 2. The molecule has 0 fully saturated rings. The molecule has 3 aromatic rings. The molecule has 0 spiro atoms. The Morgan fingerprint density at radius 3 is 2.57 bits per heavy atom. The van der Waals surface area contributed by atoms with Gasteiger partial charge in [0.1, 0.15) is 5.65 Å². The number of hydrogen-bond acceptors (Lipinski definition) is 3. The Kier molecular flexibility index (Phi) is 3.76. The molecule has 7 heteroatoms. The number of halogens is 3. The number of carbonyl (C=O) groups is 1. The minimum Gasteiger partial charge on any atom is -0.420 e. The fraction of sp³-hybridized carbons (Fsp3) is 0. The van der Waals surface area contributed by atoms with Crippen molar-refractivity contribution >= 4 is 46.4 Å². The molecule has 0 unspecified atom stereocenters. The highest BCUT2D eigenvalue weighted by Gasteiger charge is 2.15. The van der Waals surface area contributed by atoms with Gasteiger partial charge in [0, 0.05) is 23.6 Å². The van der Waals surface area contributed by atoms with Crippen LogP contribution in [-0.4, -0.2) is 15.4 Å². The van der Waals surface area contributed by atoms with E-state index >= 15 is 0 Å². The number of pyridine rings is 1. The molecule has 0 amide bonds. The first-order valence-corrected chi connectivity index (χ1v) is 6.97. The molecule has 0 aliphatic carbocycles. The summed E-state index contributed by atoms with van der Waals surface area (Å²) in [6.07, 6.45) is 4.98. The number of imidazole rings is 1. The Labute approximate surface area is 134 Å². The van der Waals surface area contributed by atoms with Crippen molar-refractivity contribution in [2.45, 2.75) is 0 Å². The first kappa shape index (κ1) is 14.2. The SMILES string of the molecule is O=C(Oc1c(Cl)cc(Cl)cc1Cl)c1ccc2nccn2c1. The van der Waals surface area contributed by atoms with Gasteiger partial charge in [0.05, 0.1) is 15.6 Å². The van der Waals surface area contributed by atoms with Crippen LogP contribution in [-0.2, 0) is 0 Å². The minimum absolute atomic E-state index is 0.0819. The van der Waals surface area contributed by atoms with Gasteiger partial charge in [0.2, 0.25) is 0 Å². The maximum atomic E-state index is 12.2. The van der Waals surface area contributed by atoms with Crippen molar-refractivity contribution in [1.29, 1.82) is 0 Å². The average molecular weight is 342 g/mol. The van der Waals surface area contributed by atoms with Crippen LogP contribution in [0.4, 0.5) is 0 Å². The molecule has 2 heterocycles. The van der Waals surface area contributed by atoms with E-state index < -0.39 is 5.97 Å². The Balaban J connectivity index is 1.92. The molecule has 0 aliphatic rings. The van der Waals surface area contributed by atoms with Gasteiger partial charge >= 0.3 is 5.97 Å². The van der Waals surface area contributed by atoms with Crippen molar-refractivity contribution in [3.8, 4) is 5.75 Å². The average Bonchev–Trinajstić information content (AvgIpc) is 2.89. The van der Waals surface area contributed by atoms with E-state index in [2.05, 4.69) is 4.98 Å². The fourth-order valence-electron chi connectivity index (χ4n) is 1.82. The highest BCUT2D eigenvalue weighted by molar-refractivity contribution is 6.40. The maximum absolute atomic E-state index is 12.2. The second-order valence-corrected chi connectivity index (χ2v) is 5.45. The summed E-state index contributed by atoms with van der Waals surface area (Å²) in [7, 11) is 0. The Morgan fingerprint density at radius 1 is 1.14 bits per heavy atom. The van der Waals surface area contributed by atoms with Crippen molar-refractivity contribution in [2.24, 2.45) is 0 Å². The molecule has 106 valence electrons. The second kappa shape index (κ2) is 5.56. The molecule has 0 saturated heterocycles. The highest BCUT2D eigenvalue weighted by atomic mass is 35.5. The number of hydrogen-bond donors (Lipinski definition) is 0. The largest absolute Gasteiger partial charge is 0.420 e. The fourth-order valence-corrected chi connectivity index (χ4v) is 2.71. The van der Waals surface area contributed by atoms with Crippen LogP contribution in [0.5, 0.6) is 5.75 Å². The van der Waals surface area contributed by atoms with Gasteiger partial charge in [-0.2, -0.15) is 0 Å². The van der Waals surface area contributed by atoms with Crippen molar-refractivity contribution < 1.29 is 9.53 Å². The van der Waals surface area contributed by atoms with Gasteiger partial charge in [-0.25, -0.2) is 9.78 Å². The van der Waals surface area contributed by atoms with Gasteiger partial charge < -0.3 is 9.14 Å². The van der Waals surface area contributed by atoms with Gasteiger partial charge in [-0.1, -0.05) is 34.8 Å². The third kappa shape index (κ3) is 2.83. The number of fused-ring (bicyclic) bond motifs is 1. The van der Waals surface area contributed by atoms with E-state index in [-0.39, 0.29) is 15.8 Å². The van der Waals surface area contributed by atoms with Crippen LogP contribution in [0.3, 0.4) is 0 Å². The lowest BCUT2D eigenvalue weighted by Gasteiger charge is -2.09. The Bertz CT molecular complexity index is 822. The standard InChI is InChI=1S/C14H7Cl3N2O2/c15-9-5-10(16)13(11(17)6-9)21-14(20)8-1-2-12-18-3-4-19(12)7-8/h1-7H. The van der Waals surface area contributed by atoms with Crippen LogP contribution in [0.15, 0.2) is 42.9 Å². The Hall–Kier alpha value is -1.75. The van der Waals surface area contributed by atoms with Gasteiger partial charge in [0.15, 0.2) is 5.75 Å². The first-order valence-electron chi connectivity index (χ1n) is 5.84. The summed E-state index contributed by atoms with van der Waals surface area (Å²) in [6, 6.07) is 6.23. The summed E-state index contributed by atoms with van der Waals surface area (Å²) in [4.78, 5) is 16.3. The molecule has 4 nitrogen and oxygen atoms in total. The van der Waals surface area contributed by atoms with E-state index in [9.17, 15) is 4.79 Å². The number of esters is 1. The van der Waals surface area contributed by atoms with Crippen molar-refractivity contribution in [3.63, 3.8) is 0 Å². The summed E-state index contributed by atoms with van der Waals surface area (Å²) in [5.74, 6) is -0.491. The minimum atomic E-state index is -0.572. The van der Waals surface area contributed by atoms with Crippen LogP contribution in [0.25, 0.3) is 5.65 Å². The lowest BCUT2D eigenvalue weighted by molar-refractivity contribution is 0.0734. The molecule has 0 radical (unpaired) electrons. The number of ether oxygens (including phenoxy) is 1. The summed E-state index contributed by atoms with van der Waals surface area (Å²) in [5.41, 5.74) is 1.08. The topological polar surface area (TPSA) is 43.6 Å². The lowest BCUT2D eigenvalue weighted by atomic mass is 10.3. The zero-order valence-corrected chi connectivity index (χ0v) is 12.7. The van der Waals surface area contributed by atoms with Gasteiger partial charge in [-0.15, -0.1) is 0 Å². The van der Waals surface area contributed by atoms with Crippen LogP contribution >= 0.6 is 34.8 Å². The second-order valence-electron chi connectivity index (χ2n) is 4.20. The summed E-state index contributed by atoms with van der Waals surface area (Å²) < 4.78 is 6.96. The first-order chi connectivity index (χ1) is 10.0. The number of aromatic nitrogens is 2. The molecule has 0 aliphatic heterocycles. The molecule has 0 N–H and O–H groups in total. The highest BCUT2D eigenvalue weighted by Crippen LogP contribution is 2.36. The molecule has 3 rings (SSSR count). The van der Waals surface area contributed by atoms with Crippen molar-refractivity contribution in [3.05, 3.63) is 63.5 Å². The quantitative estimate of drug-likeness (QED) is 0.508. The van der Waals surface area contributed by atoms with E-state index in [1.807, 2.05) is 0 Å². The number of benzene rings is 1. The Morgan fingerprint density at radius 2 is 1.86 bits per heavy atom. The lowest BCUT2D eigenvalue weighted by Crippen LogP contribution is -2.10. The molecule has 21 heavy (non-hydrogen) atoms. The summed E-state index contributed by atoms with van der Waals surface area (Å²) >= 11 is 17.8. The zero-order chi connectivity index (χ0) is 15.0. The van der Waals surface area contributed by atoms with Gasteiger partial charge in [-0.3, -0.25) is 0 Å². The van der Waals surface area contributed by atoms with Crippen LogP contribution in [0.2, 0.25) is 15.1 Å². The number of carbonyl (C=O) groups excluding carboxylic acids is 1. The summed E-state index contributed by atoms with van der Waals surface area (Å²) in [5, 5.41) is 0.707. The normalized spacial score (nSPS) is 10.8. The molecule has 2 aromatic heterocycles. The van der Waals surface area contributed by atoms with Gasteiger partial charge in [0.25, 0.3) is 0 Å². The van der Waals surface area contributed by atoms with E-state index in [1.54, 1.807) is 35.1 Å². The monoisotopic (exact) mass is 340 g/mol. The van der Waals surface area contributed by atoms with E-state index in [1.165, 1.54) is 12.1 Å². The summed E-state index contributed by atoms with van der Waals surface area (Å²) in [6.45, 7) is 0. The van der Waals surface area contributed by atoms with Crippen LogP contribution in [0, 0.1) is 0 Å². The van der Waals surface area contributed by atoms with E-state index in [0.29, 0.717) is 10.6 Å². The van der Waals surface area contributed by atoms with Crippen LogP contribution in [0.1, 0.15) is 10.4 Å². The van der Waals surface area contributed by atoms with Crippen molar-refractivity contribution in [2.75, 3.05) is 0 Å². The zero-order valence-electron chi connectivity index (χ0n) is 10.4. The van der Waals surface area contributed by atoms with Crippen molar-refractivity contribution in [1.82, 2.24) is 9.38 Å². The third-order valence-corrected chi connectivity index (χ3v) is 3.56. The van der Waals surface area contributed by atoms with Gasteiger partial charge in [-0.05, 0) is 24.3 Å².